The molecular formula is C14H16. The molecule has 0 bridgehead atoms. The lowest BCUT2D eigenvalue weighted by Gasteiger charge is -1.98. The van der Waals surface area contributed by atoms with Crippen LogP contribution in [-0.4, -0.2) is 0 Å². The highest BCUT2D eigenvalue weighted by Gasteiger charge is 1.91. The second-order valence-electron chi connectivity index (χ2n) is 3.16. The molecule has 0 fully saturated rings. The van der Waals surface area contributed by atoms with Crippen molar-refractivity contribution in [3.63, 3.8) is 0 Å². The first-order chi connectivity index (χ1) is 6.84. The minimum Gasteiger partial charge on any atom is -0.103 e. The van der Waals surface area contributed by atoms with Crippen molar-refractivity contribution in [1.29, 1.82) is 0 Å². The molecule has 0 nitrogen and oxygen atoms in total. The summed E-state index contributed by atoms with van der Waals surface area (Å²) in [6.45, 7) is 7.69. The molecule has 0 saturated carbocycles. The van der Waals surface area contributed by atoms with Gasteiger partial charge in [0.05, 0.1) is 0 Å². The van der Waals surface area contributed by atoms with Crippen molar-refractivity contribution >= 4 is 5.57 Å². The van der Waals surface area contributed by atoms with Crippen molar-refractivity contribution in [1.82, 2.24) is 0 Å². The first kappa shape index (κ1) is 10.5. The zero-order valence-electron chi connectivity index (χ0n) is 8.45. The maximum atomic E-state index is 4.01. The van der Waals surface area contributed by atoms with E-state index in [1.807, 2.05) is 24.3 Å². The van der Waals surface area contributed by atoms with Gasteiger partial charge >= 0.3 is 0 Å². The van der Waals surface area contributed by atoms with Crippen molar-refractivity contribution in [3.8, 4) is 0 Å². The molecule has 0 spiro atoms. The van der Waals surface area contributed by atoms with Crippen molar-refractivity contribution in [2.75, 3.05) is 0 Å². The van der Waals surface area contributed by atoms with Crippen LogP contribution in [0.25, 0.3) is 5.57 Å². The molecule has 0 saturated heterocycles. The van der Waals surface area contributed by atoms with Crippen LogP contribution in [0.1, 0.15) is 18.4 Å². The van der Waals surface area contributed by atoms with Crippen LogP contribution in [-0.2, 0) is 0 Å². The largest absolute Gasteiger partial charge is 0.103 e. The average molecular weight is 184 g/mol. The van der Waals surface area contributed by atoms with Crippen LogP contribution in [0.3, 0.4) is 0 Å². The van der Waals surface area contributed by atoms with E-state index in [2.05, 4.69) is 37.4 Å². The molecule has 0 N–H and O–H groups in total. The normalized spacial score (nSPS) is 10.3. The zero-order valence-corrected chi connectivity index (χ0v) is 8.45. The third-order valence-electron chi connectivity index (χ3n) is 2.00. The molecule has 0 aliphatic carbocycles. The monoisotopic (exact) mass is 184 g/mol. The molecule has 14 heavy (non-hydrogen) atoms. The zero-order chi connectivity index (χ0) is 10.2. The summed E-state index contributed by atoms with van der Waals surface area (Å²) in [5.74, 6) is 0. The molecule has 0 aliphatic rings. The number of benzene rings is 1. The molecule has 72 valence electrons. The average Bonchev–Trinajstić information content (AvgIpc) is 2.25. The Morgan fingerprint density at radius 3 is 2.50 bits per heavy atom. The Labute approximate surface area is 86.3 Å². The predicted molar refractivity (Wildman–Crippen MR) is 64.0 cm³/mol. The Morgan fingerprint density at radius 1 is 1.14 bits per heavy atom. The van der Waals surface area contributed by atoms with Gasteiger partial charge in [0, 0.05) is 0 Å². The standard InChI is InChI=1S/C14H16/c1-3-4-5-7-10-13(2)14-11-8-6-9-12-14/h3,6-12H,1-2,4-5H2/b10-7+. The number of hydrogen-bond donors (Lipinski definition) is 0. The molecule has 1 aromatic carbocycles. The van der Waals surface area contributed by atoms with E-state index in [1.165, 1.54) is 5.56 Å². The van der Waals surface area contributed by atoms with E-state index in [9.17, 15) is 0 Å². The van der Waals surface area contributed by atoms with E-state index in [0.717, 1.165) is 18.4 Å². The fraction of sp³-hybridized carbons (Fsp3) is 0.143. The molecule has 0 heteroatoms. The first-order valence-corrected chi connectivity index (χ1v) is 4.86. The van der Waals surface area contributed by atoms with E-state index < -0.39 is 0 Å². The van der Waals surface area contributed by atoms with Crippen molar-refractivity contribution in [2.45, 2.75) is 12.8 Å². The van der Waals surface area contributed by atoms with Gasteiger partial charge in [-0.05, 0) is 24.0 Å². The molecule has 1 aromatic rings. The van der Waals surface area contributed by atoms with Gasteiger partial charge in [-0.1, -0.05) is 55.1 Å². The van der Waals surface area contributed by atoms with Crippen LogP contribution in [0, 0.1) is 0 Å². The first-order valence-electron chi connectivity index (χ1n) is 4.86. The molecule has 0 aromatic heterocycles. The molecule has 0 heterocycles. The van der Waals surface area contributed by atoms with Crippen LogP contribution in [0.15, 0.2) is 61.7 Å². The summed E-state index contributed by atoms with van der Waals surface area (Å²) >= 11 is 0. The van der Waals surface area contributed by atoms with Crippen molar-refractivity contribution in [2.24, 2.45) is 0 Å². The summed E-state index contributed by atoms with van der Waals surface area (Å²) in [6, 6.07) is 10.2. The molecule has 0 radical (unpaired) electrons. The van der Waals surface area contributed by atoms with Gasteiger partial charge in [0.1, 0.15) is 0 Å². The van der Waals surface area contributed by atoms with Crippen LogP contribution in [0.5, 0.6) is 0 Å². The second-order valence-corrected chi connectivity index (χ2v) is 3.16. The Hall–Kier alpha value is -1.56. The van der Waals surface area contributed by atoms with E-state index in [1.54, 1.807) is 0 Å². The fourth-order valence-corrected chi connectivity index (χ4v) is 1.19. The van der Waals surface area contributed by atoms with Crippen LogP contribution < -0.4 is 0 Å². The van der Waals surface area contributed by atoms with Gasteiger partial charge in [0.15, 0.2) is 0 Å². The molecule has 0 atom stereocenters. The second kappa shape index (κ2) is 5.98. The maximum Gasteiger partial charge on any atom is -0.0190 e. The number of allylic oxidation sites excluding steroid dienone is 4. The van der Waals surface area contributed by atoms with E-state index >= 15 is 0 Å². The lowest BCUT2D eigenvalue weighted by Crippen LogP contribution is -1.76. The Morgan fingerprint density at radius 2 is 1.86 bits per heavy atom. The van der Waals surface area contributed by atoms with E-state index in [-0.39, 0.29) is 0 Å². The molecule has 0 amide bonds. The lowest BCUT2D eigenvalue weighted by atomic mass is 10.1. The van der Waals surface area contributed by atoms with Crippen LogP contribution >= 0.6 is 0 Å². The van der Waals surface area contributed by atoms with Gasteiger partial charge in [0.2, 0.25) is 0 Å². The number of rotatable bonds is 5. The maximum absolute atomic E-state index is 4.01. The van der Waals surface area contributed by atoms with Gasteiger partial charge in [-0.3, -0.25) is 0 Å². The van der Waals surface area contributed by atoms with E-state index in [0.29, 0.717) is 0 Å². The van der Waals surface area contributed by atoms with E-state index in [4.69, 9.17) is 0 Å². The van der Waals surface area contributed by atoms with Crippen molar-refractivity contribution < 1.29 is 0 Å². The molecular weight excluding hydrogens is 168 g/mol. The minimum atomic E-state index is 1.03. The van der Waals surface area contributed by atoms with Gasteiger partial charge in [0.25, 0.3) is 0 Å². The van der Waals surface area contributed by atoms with Crippen LogP contribution in [0.2, 0.25) is 0 Å². The minimum absolute atomic E-state index is 1.03. The van der Waals surface area contributed by atoms with Gasteiger partial charge in [-0.15, -0.1) is 6.58 Å². The highest BCUT2D eigenvalue weighted by molar-refractivity contribution is 5.71. The summed E-state index contributed by atoms with van der Waals surface area (Å²) in [4.78, 5) is 0. The summed E-state index contributed by atoms with van der Waals surface area (Å²) in [5, 5.41) is 0. The predicted octanol–water partition coefficient (Wildman–Crippen LogP) is 4.22. The molecule has 1 rings (SSSR count). The van der Waals surface area contributed by atoms with Crippen LogP contribution in [0.4, 0.5) is 0 Å². The highest BCUT2D eigenvalue weighted by Crippen LogP contribution is 2.13. The molecule has 0 aliphatic heterocycles. The summed E-state index contributed by atoms with van der Waals surface area (Å²) in [5.41, 5.74) is 2.25. The summed E-state index contributed by atoms with van der Waals surface area (Å²) < 4.78 is 0. The van der Waals surface area contributed by atoms with Gasteiger partial charge in [-0.2, -0.15) is 0 Å². The third-order valence-corrected chi connectivity index (χ3v) is 2.00. The van der Waals surface area contributed by atoms with Crippen molar-refractivity contribution in [3.05, 3.63) is 67.3 Å². The smallest absolute Gasteiger partial charge is 0.0190 e. The Bertz CT molecular complexity index is 317. The SMILES string of the molecule is C=CCC/C=C/C(=C)c1ccccc1. The molecule has 0 unspecified atom stereocenters. The highest BCUT2D eigenvalue weighted by atomic mass is 14.0. The summed E-state index contributed by atoms with van der Waals surface area (Å²) in [7, 11) is 0. The van der Waals surface area contributed by atoms with Gasteiger partial charge in [-0.25, -0.2) is 0 Å². The Balaban J connectivity index is 2.51. The quantitative estimate of drug-likeness (QED) is 0.365. The Kier molecular flexibility index (Phi) is 4.49. The fourth-order valence-electron chi connectivity index (χ4n) is 1.19. The number of hydrogen-bond acceptors (Lipinski definition) is 0. The topological polar surface area (TPSA) is 0 Å². The number of unbranched alkanes of at least 4 members (excludes halogenated alkanes) is 1. The summed E-state index contributed by atoms with van der Waals surface area (Å²) in [6.07, 6.45) is 8.19. The lowest BCUT2D eigenvalue weighted by molar-refractivity contribution is 1.06. The van der Waals surface area contributed by atoms with Gasteiger partial charge < -0.3 is 0 Å². The third kappa shape index (κ3) is 3.44.